The third-order valence-corrected chi connectivity index (χ3v) is 9.22. The predicted octanol–water partition coefficient (Wildman–Crippen LogP) is -1.43. The van der Waals surface area contributed by atoms with Crippen LogP contribution in [0, 0.1) is 0 Å². The molecule has 3 saturated heterocycles. The number of fused-ring (bicyclic) bond motifs is 1. The van der Waals surface area contributed by atoms with Crippen LogP contribution in [0.5, 0.6) is 0 Å². The maximum atomic E-state index is 13.2. The summed E-state index contributed by atoms with van der Waals surface area (Å²) in [6.07, 6.45) is 1.76. The molecule has 3 amide bonds. The minimum absolute atomic E-state index is 0.0345. The van der Waals surface area contributed by atoms with E-state index in [0.717, 1.165) is 0 Å². The number of carboxylic acid groups (broad SMARTS) is 2. The molecule has 1 unspecified atom stereocenters. The van der Waals surface area contributed by atoms with Crippen molar-refractivity contribution in [2.75, 3.05) is 11.1 Å². The van der Waals surface area contributed by atoms with Crippen molar-refractivity contribution in [3.63, 3.8) is 0 Å². The van der Waals surface area contributed by atoms with Gasteiger partial charge in [-0.1, -0.05) is 0 Å². The summed E-state index contributed by atoms with van der Waals surface area (Å²) in [5.41, 5.74) is 6.38. The number of carbonyl (C=O) groups is 6. The van der Waals surface area contributed by atoms with Crippen LogP contribution in [-0.2, 0) is 40.1 Å². The molecule has 1 aromatic carbocycles. The van der Waals surface area contributed by atoms with Crippen LogP contribution in [0.25, 0.3) is 11.2 Å². The second kappa shape index (κ2) is 15.3. The Hall–Kier alpha value is -6.60. The van der Waals surface area contributed by atoms with Gasteiger partial charge in [-0.05, 0) is 50.5 Å². The molecule has 3 aromatic rings. The van der Waals surface area contributed by atoms with E-state index in [0.29, 0.717) is 11.4 Å². The number of carboxylic acids is 2. The molecule has 278 valence electrons. The average Bonchev–Trinajstić information content (AvgIpc) is 3.70. The molecular weight excluding hydrogens is 700 g/mol. The summed E-state index contributed by atoms with van der Waals surface area (Å²) in [7, 11) is 0. The molecule has 2 aromatic heterocycles. The summed E-state index contributed by atoms with van der Waals surface area (Å²) < 4.78 is 0. The number of Topliss-reactive ketones (excluding diaryl/α,β-unsaturated/α-hetero) is 1. The summed E-state index contributed by atoms with van der Waals surface area (Å²) in [4.78, 5) is 121. The number of hydrogen-bond acceptors (Lipinski definition) is 15. The van der Waals surface area contributed by atoms with E-state index in [2.05, 4.69) is 35.9 Å². The number of nitrogen functional groups attached to an aromatic ring is 1. The summed E-state index contributed by atoms with van der Waals surface area (Å²) >= 11 is 0. The monoisotopic (exact) mass is 734 g/mol. The van der Waals surface area contributed by atoms with Crippen molar-refractivity contribution in [2.45, 2.75) is 81.9 Å². The van der Waals surface area contributed by atoms with Crippen molar-refractivity contribution in [2.24, 2.45) is 0 Å². The number of carbonyl (C=O) groups excluding carboxylic acids is 6. The van der Waals surface area contributed by atoms with E-state index in [1.54, 1.807) is 19.1 Å². The van der Waals surface area contributed by atoms with Crippen LogP contribution < -0.4 is 27.2 Å². The van der Waals surface area contributed by atoms with Crippen molar-refractivity contribution in [3.05, 3.63) is 52.1 Å². The van der Waals surface area contributed by atoms with Crippen LogP contribution >= 0.6 is 0 Å². The minimum Gasteiger partial charge on any atom is -0.480 e. The Morgan fingerprint density at radius 1 is 1.06 bits per heavy atom. The van der Waals surface area contributed by atoms with Crippen molar-refractivity contribution in [3.8, 4) is 0 Å². The molecule has 3 fully saturated rings. The third kappa shape index (κ3) is 7.55. The van der Waals surface area contributed by atoms with Crippen LogP contribution in [-0.4, -0.2) is 111 Å². The molecule has 6 rings (SSSR count). The predicted molar refractivity (Wildman–Crippen MR) is 177 cm³/mol. The quantitative estimate of drug-likeness (QED) is 0.106. The highest BCUT2D eigenvalue weighted by molar-refractivity contribution is 5.99. The van der Waals surface area contributed by atoms with Gasteiger partial charge in [0, 0.05) is 30.5 Å². The number of H-pyrrole nitrogens is 1. The van der Waals surface area contributed by atoms with Crippen LogP contribution in [0.2, 0.25) is 0 Å². The summed E-state index contributed by atoms with van der Waals surface area (Å²) in [6.45, 7) is 1.74. The number of ketones is 1. The number of benzene rings is 1. The van der Waals surface area contributed by atoms with Gasteiger partial charge in [-0.3, -0.25) is 44.1 Å². The van der Waals surface area contributed by atoms with Gasteiger partial charge >= 0.3 is 18.1 Å². The zero-order valence-electron chi connectivity index (χ0n) is 28.0. The van der Waals surface area contributed by atoms with E-state index in [4.69, 9.17) is 15.3 Å². The van der Waals surface area contributed by atoms with Gasteiger partial charge in [0.1, 0.15) is 23.9 Å². The van der Waals surface area contributed by atoms with Crippen molar-refractivity contribution >= 4 is 64.4 Å². The highest BCUT2D eigenvalue weighted by Crippen LogP contribution is 2.46. The maximum absolute atomic E-state index is 13.2. The Balaban J connectivity index is 0.00000175. The standard InChI is InChI=1S/C31H34N10O9.CO2/c1-14-26(45)41-21(29(49)50)10-11-31(41)39-19(27(46)40(14)31)8-6-18(42)7-9-20(28(47)48)36-24(43)15-2-4-16(5-3-15)33-12-17-13-34-23-22(35-17)25(44)38-30(32)37-23;2-1-3/h2-5,13-14,19-21,33,39H,6-12H2,1H3,(H,36,43)(H,47,48)(H,49,50)(H3,32,34,37,38,44);/t14-,19-,20+,21?,31-;/m0./s1. The number of nitrogens with two attached hydrogens (primary N) is 1. The van der Waals surface area contributed by atoms with E-state index in [1.807, 2.05) is 0 Å². The fraction of sp³-hybridized carbons (Fsp3) is 0.406. The second-order valence-corrected chi connectivity index (χ2v) is 12.5. The van der Waals surface area contributed by atoms with E-state index < -0.39 is 65.2 Å². The van der Waals surface area contributed by atoms with Crippen LogP contribution in [0.4, 0.5) is 11.6 Å². The Labute approximate surface area is 298 Å². The van der Waals surface area contributed by atoms with Crippen molar-refractivity contribution < 1.29 is 48.6 Å². The molecule has 3 aliphatic heterocycles. The van der Waals surface area contributed by atoms with Gasteiger partial charge in [0.2, 0.25) is 17.8 Å². The number of rotatable bonds is 13. The first-order valence-electron chi connectivity index (χ1n) is 16.3. The van der Waals surface area contributed by atoms with Gasteiger partial charge in [-0.2, -0.15) is 14.6 Å². The van der Waals surface area contributed by atoms with Gasteiger partial charge in [0.15, 0.2) is 17.0 Å². The Morgan fingerprint density at radius 3 is 2.42 bits per heavy atom. The van der Waals surface area contributed by atoms with Crippen molar-refractivity contribution in [1.82, 2.24) is 40.4 Å². The van der Waals surface area contributed by atoms with Crippen LogP contribution in [0.15, 0.2) is 35.3 Å². The lowest BCUT2D eigenvalue weighted by Crippen LogP contribution is -2.58. The largest absolute Gasteiger partial charge is 0.480 e. The van der Waals surface area contributed by atoms with Crippen LogP contribution in [0.3, 0.4) is 0 Å². The first-order chi connectivity index (χ1) is 25.2. The fourth-order valence-electron chi connectivity index (χ4n) is 6.80. The molecule has 5 heterocycles. The summed E-state index contributed by atoms with van der Waals surface area (Å²) in [5, 5.41) is 28.0. The summed E-state index contributed by atoms with van der Waals surface area (Å²) in [5.74, 6) is -5.61. The molecule has 21 heteroatoms. The molecule has 1 spiro atoms. The average molecular weight is 735 g/mol. The first kappa shape index (κ1) is 37.7. The molecule has 0 radical (unpaired) electrons. The second-order valence-electron chi connectivity index (χ2n) is 12.5. The number of aromatic amines is 1. The molecule has 53 heavy (non-hydrogen) atoms. The fourth-order valence-corrected chi connectivity index (χ4v) is 6.80. The first-order valence-corrected chi connectivity index (χ1v) is 16.3. The number of nitrogens with one attached hydrogen (secondary N) is 4. The zero-order valence-corrected chi connectivity index (χ0v) is 28.0. The highest BCUT2D eigenvalue weighted by atomic mass is 16.4. The van der Waals surface area contributed by atoms with Gasteiger partial charge < -0.3 is 26.6 Å². The molecule has 3 aliphatic rings. The molecule has 8 N–H and O–H groups in total. The molecule has 0 bridgehead atoms. The van der Waals surface area contributed by atoms with E-state index in [1.165, 1.54) is 28.1 Å². The van der Waals surface area contributed by atoms with Gasteiger partial charge in [0.25, 0.3) is 11.5 Å². The molecule has 5 atom stereocenters. The normalized spacial score (nSPS) is 21.9. The zero-order chi connectivity index (χ0) is 38.6. The van der Waals surface area contributed by atoms with Crippen LogP contribution in [0.1, 0.15) is 61.5 Å². The van der Waals surface area contributed by atoms with E-state index in [-0.39, 0.29) is 79.7 Å². The molecule has 21 nitrogen and oxygen atoms in total. The molecule has 0 aliphatic carbocycles. The van der Waals surface area contributed by atoms with Gasteiger partial charge in [-0.15, -0.1) is 0 Å². The lowest BCUT2D eigenvalue weighted by atomic mass is 10.0. The lowest BCUT2D eigenvalue weighted by Gasteiger charge is -2.34. The number of aromatic nitrogens is 4. The Morgan fingerprint density at radius 2 is 1.75 bits per heavy atom. The summed E-state index contributed by atoms with van der Waals surface area (Å²) in [6, 6.07) is 2.10. The molecule has 0 saturated carbocycles. The lowest BCUT2D eigenvalue weighted by molar-refractivity contribution is -0.191. The number of anilines is 2. The molecular formula is C32H34N10O11. The topological polar surface area (TPSA) is 317 Å². The number of aliphatic carboxylic acids is 2. The van der Waals surface area contributed by atoms with Gasteiger partial charge in [-0.25, -0.2) is 19.6 Å². The number of hydrogen-bond donors (Lipinski definition) is 7. The van der Waals surface area contributed by atoms with E-state index in [9.17, 15) is 43.8 Å². The SMILES string of the molecule is C[C@H]1C(=O)N2C(C(=O)O)CC[C@@]23N[C@@H](CCC(=O)CC[C@@H](NC(=O)c2ccc(NCc4cnc5nc(N)[nH]c(=O)c5n4)cc2)C(=O)O)C(=O)N13.O=C=O. The third-order valence-electron chi connectivity index (χ3n) is 9.22. The number of amides is 3. The van der Waals surface area contributed by atoms with E-state index >= 15 is 0 Å². The van der Waals surface area contributed by atoms with Gasteiger partial charge in [0.05, 0.1) is 24.5 Å². The smallest absolute Gasteiger partial charge is 0.373 e. The number of nitrogens with zero attached hydrogens (tertiary/aromatic N) is 5. The Bertz CT molecular complexity index is 2070. The van der Waals surface area contributed by atoms with Crippen molar-refractivity contribution in [1.29, 1.82) is 0 Å². The minimum atomic E-state index is -1.36. The Kier molecular flexibility index (Phi) is 10.9. The maximum Gasteiger partial charge on any atom is 0.373 e. The highest BCUT2D eigenvalue weighted by Gasteiger charge is 2.68.